The van der Waals surface area contributed by atoms with Gasteiger partial charge in [-0.3, -0.25) is 9.69 Å². The van der Waals surface area contributed by atoms with Crippen LogP contribution in [0.2, 0.25) is 0 Å². The van der Waals surface area contributed by atoms with Gasteiger partial charge in [-0.15, -0.1) is 0 Å². The number of nitrogens with zero attached hydrogens (tertiary/aromatic N) is 2. The SMILES string of the molecule is COCCN1C[C@@H](c2ccccc2)OC2(CCN(C(=O)Cc3ccccc3C)CC2)C1. The lowest BCUT2D eigenvalue weighted by molar-refractivity contribution is -0.181. The molecule has 1 amide bonds. The van der Waals surface area contributed by atoms with E-state index in [4.69, 9.17) is 9.47 Å². The summed E-state index contributed by atoms with van der Waals surface area (Å²) in [5, 5.41) is 0. The quantitative estimate of drug-likeness (QED) is 0.713. The van der Waals surface area contributed by atoms with Crippen molar-refractivity contribution in [1.82, 2.24) is 9.80 Å². The third-order valence-corrected chi connectivity index (χ3v) is 6.74. The molecule has 2 aromatic rings. The number of hydrogen-bond donors (Lipinski definition) is 0. The number of carbonyl (C=O) groups excluding carboxylic acids is 1. The minimum absolute atomic E-state index is 0.0565. The molecular weight excluding hydrogens is 388 g/mol. The Balaban J connectivity index is 1.42. The van der Waals surface area contributed by atoms with Crippen LogP contribution >= 0.6 is 0 Å². The average Bonchev–Trinajstić information content (AvgIpc) is 2.80. The molecule has 2 heterocycles. The second kappa shape index (κ2) is 9.94. The van der Waals surface area contributed by atoms with E-state index >= 15 is 0 Å². The van der Waals surface area contributed by atoms with Gasteiger partial charge in [0.2, 0.25) is 5.91 Å². The van der Waals surface area contributed by atoms with Crippen molar-refractivity contribution in [2.75, 3.05) is 46.4 Å². The van der Waals surface area contributed by atoms with E-state index in [1.54, 1.807) is 7.11 Å². The number of aryl methyl sites for hydroxylation is 1. The minimum Gasteiger partial charge on any atom is -0.383 e. The van der Waals surface area contributed by atoms with E-state index in [1.165, 1.54) is 11.1 Å². The van der Waals surface area contributed by atoms with E-state index < -0.39 is 0 Å². The first-order chi connectivity index (χ1) is 15.1. The first-order valence-electron chi connectivity index (χ1n) is 11.3. The molecule has 0 unspecified atom stereocenters. The van der Waals surface area contributed by atoms with E-state index in [0.29, 0.717) is 6.42 Å². The predicted molar refractivity (Wildman–Crippen MR) is 122 cm³/mol. The number of ether oxygens (including phenoxy) is 2. The molecule has 0 aromatic heterocycles. The molecule has 0 radical (unpaired) electrons. The molecule has 5 heteroatoms. The van der Waals surface area contributed by atoms with Crippen LogP contribution in [0.4, 0.5) is 0 Å². The summed E-state index contributed by atoms with van der Waals surface area (Å²) in [6.07, 6.45) is 2.28. The maximum Gasteiger partial charge on any atom is 0.227 e. The predicted octanol–water partition coefficient (Wildman–Crippen LogP) is 3.62. The van der Waals surface area contributed by atoms with Gasteiger partial charge < -0.3 is 14.4 Å². The number of morpholine rings is 1. The topological polar surface area (TPSA) is 42.0 Å². The number of methoxy groups -OCH3 is 1. The molecule has 0 bridgehead atoms. The van der Waals surface area contributed by atoms with Crippen molar-refractivity contribution in [2.24, 2.45) is 0 Å². The molecule has 1 atom stereocenters. The van der Waals surface area contributed by atoms with Gasteiger partial charge in [-0.25, -0.2) is 0 Å². The maximum absolute atomic E-state index is 12.9. The maximum atomic E-state index is 12.9. The van der Waals surface area contributed by atoms with Gasteiger partial charge in [0.05, 0.1) is 24.7 Å². The summed E-state index contributed by atoms with van der Waals surface area (Å²) >= 11 is 0. The first-order valence-corrected chi connectivity index (χ1v) is 11.3. The fourth-order valence-electron chi connectivity index (χ4n) is 4.84. The van der Waals surface area contributed by atoms with Crippen molar-refractivity contribution in [1.29, 1.82) is 0 Å². The molecular formula is C26H34N2O3. The molecule has 2 aromatic carbocycles. The second-order valence-electron chi connectivity index (χ2n) is 8.91. The zero-order valence-corrected chi connectivity index (χ0v) is 18.8. The van der Waals surface area contributed by atoms with Gasteiger partial charge in [0.1, 0.15) is 0 Å². The number of amides is 1. The van der Waals surface area contributed by atoms with E-state index in [-0.39, 0.29) is 17.6 Å². The van der Waals surface area contributed by atoms with Gasteiger partial charge in [0.15, 0.2) is 0 Å². The number of carbonyl (C=O) groups is 1. The molecule has 2 fully saturated rings. The highest BCUT2D eigenvalue weighted by atomic mass is 16.5. The third kappa shape index (κ3) is 5.35. The van der Waals surface area contributed by atoms with Crippen LogP contribution in [0.15, 0.2) is 54.6 Å². The van der Waals surface area contributed by atoms with E-state index in [1.807, 2.05) is 23.1 Å². The number of hydrogen-bond acceptors (Lipinski definition) is 4. The summed E-state index contributed by atoms with van der Waals surface area (Å²) in [7, 11) is 1.75. The van der Waals surface area contributed by atoms with E-state index in [2.05, 4.69) is 48.2 Å². The highest BCUT2D eigenvalue weighted by Gasteiger charge is 2.43. The summed E-state index contributed by atoms with van der Waals surface area (Å²) in [5.74, 6) is 0.218. The molecule has 5 nitrogen and oxygen atoms in total. The summed E-state index contributed by atoms with van der Waals surface area (Å²) < 4.78 is 12.1. The smallest absolute Gasteiger partial charge is 0.227 e. The second-order valence-corrected chi connectivity index (χ2v) is 8.91. The molecule has 31 heavy (non-hydrogen) atoms. The normalized spacial score (nSPS) is 21.4. The van der Waals surface area contributed by atoms with Crippen molar-refractivity contribution in [3.05, 3.63) is 71.3 Å². The van der Waals surface area contributed by atoms with Crippen molar-refractivity contribution in [3.8, 4) is 0 Å². The zero-order valence-electron chi connectivity index (χ0n) is 18.8. The number of piperidine rings is 1. The zero-order chi connectivity index (χ0) is 21.7. The Hall–Kier alpha value is -2.21. The molecule has 1 spiro atoms. The third-order valence-electron chi connectivity index (χ3n) is 6.74. The van der Waals surface area contributed by atoms with Crippen molar-refractivity contribution < 1.29 is 14.3 Å². The van der Waals surface area contributed by atoms with Gasteiger partial charge >= 0.3 is 0 Å². The minimum atomic E-state index is -0.202. The van der Waals surface area contributed by atoms with Crippen LogP contribution in [0.25, 0.3) is 0 Å². The summed E-state index contributed by atoms with van der Waals surface area (Å²) in [6.45, 7) is 6.99. The number of likely N-dealkylation sites (tertiary alicyclic amines) is 1. The van der Waals surface area contributed by atoms with Crippen LogP contribution in [0.5, 0.6) is 0 Å². The Morgan fingerprint density at radius 2 is 1.81 bits per heavy atom. The summed E-state index contributed by atoms with van der Waals surface area (Å²) in [4.78, 5) is 17.4. The van der Waals surface area contributed by atoms with E-state index in [0.717, 1.165) is 57.7 Å². The Morgan fingerprint density at radius 1 is 1.10 bits per heavy atom. The Bertz CT molecular complexity index is 862. The Kier molecular flexibility index (Phi) is 7.06. The molecule has 2 aliphatic rings. The van der Waals surface area contributed by atoms with Crippen molar-refractivity contribution in [2.45, 2.75) is 37.9 Å². The fraction of sp³-hybridized carbons (Fsp3) is 0.500. The van der Waals surface area contributed by atoms with Crippen LogP contribution in [0, 0.1) is 6.92 Å². The molecule has 0 N–H and O–H groups in total. The van der Waals surface area contributed by atoms with Gasteiger partial charge in [0, 0.05) is 39.8 Å². The molecule has 2 saturated heterocycles. The highest BCUT2D eigenvalue weighted by molar-refractivity contribution is 5.79. The average molecular weight is 423 g/mol. The molecule has 2 aliphatic heterocycles. The monoisotopic (exact) mass is 422 g/mol. The van der Waals surface area contributed by atoms with Gasteiger partial charge in [-0.1, -0.05) is 54.6 Å². The lowest BCUT2D eigenvalue weighted by Gasteiger charge is -2.50. The molecule has 166 valence electrons. The van der Waals surface area contributed by atoms with E-state index in [9.17, 15) is 4.79 Å². The van der Waals surface area contributed by atoms with Crippen molar-refractivity contribution in [3.63, 3.8) is 0 Å². The van der Waals surface area contributed by atoms with Crippen LogP contribution in [0.1, 0.15) is 35.6 Å². The Labute approximate surface area is 185 Å². The number of rotatable bonds is 6. The first kappa shape index (κ1) is 22.0. The van der Waals surface area contributed by atoms with Crippen LogP contribution in [0.3, 0.4) is 0 Å². The molecule has 0 saturated carbocycles. The fourth-order valence-corrected chi connectivity index (χ4v) is 4.84. The van der Waals surface area contributed by atoms with Gasteiger partial charge in [-0.05, 0) is 36.5 Å². The largest absolute Gasteiger partial charge is 0.383 e. The lowest BCUT2D eigenvalue weighted by atomic mass is 9.87. The van der Waals surface area contributed by atoms with Gasteiger partial charge in [0.25, 0.3) is 0 Å². The molecule has 0 aliphatic carbocycles. The number of benzene rings is 2. The van der Waals surface area contributed by atoms with Crippen molar-refractivity contribution >= 4 is 5.91 Å². The highest BCUT2D eigenvalue weighted by Crippen LogP contribution is 2.37. The molecule has 4 rings (SSSR count). The van der Waals surface area contributed by atoms with Crippen LogP contribution in [-0.2, 0) is 20.7 Å². The standard InChI is InChI=1S/C26H34N2O3/c1-21-8-6-7-11-23(21)18-25(29)28-14-12-26(13-15-28)20-27(16-17-30-2)19-24(31-26)22-9-4-3-5-10-22/h3-11,24H,12-20H2,1-2H3/t24-/m0/s1. The lowest BCUT2D eigenvalue weighted by Crippen LogP contribution is -2.58. The van der Waals surface area contributed by atoms with Crippen LogP contribution in [-0.4, -0.2) is 67.7 Å². The van der Waals surface area contributed by atoms with Gasteiger partial charge in [-0.2, -0.15) is 0 Å². The Morgan fingerprint density at radius 3 is 2.52 bits per heavy atom. The summed E-state index contributed by atoms with van der Waals surface area (Å²) in [5.41, 5.74) is 3.32. The summed E-state index contributed by atoms with van der Waals surface area (Å²) in [6, 6.07) is 18.7. The van der Waals surface area contributed by atoms with Crippen LogP contribution < -0.4 is 0 Å².